The van der Waals surface area contributed by atoms with Crippen LogP contribution in [-0.2, 0) is 11.3 Å². The van der Waals surface area contributed by atoms with Crippen molar-refractivity contribution in [2.75, 3.05) is 5.73 Å². The van der Waals surface area contributed by atoms with Crippen LogP contribution in [0.5, 0.6) is 0 Å². The van der Waals surface area contributed by atoms with E-state index in [1.807, 2.05) is 12.1 Å². The number of carbonyl (C=O) groups is 2. The van der Waals surface area contributed by atoms with E-state index in [9.17, 15) is 9.59 Å². The molecule has 0 unspecified atom stereocenters. The topological polar surface area (TPSA) is 75.4 Å². The Bertz CT molecular complexity index is 638. The van der Waals surface area contributed by atoms with E-state index in [0.717, 1.165) is 31.2 Å². The number of hydrogen-bond acceptors (Lipinski definition) is 3. The molecule has 2 aliphatic rings. The maximum absolute atomic E-state index is 12.9. The minimum atomic E-state index is -0.688. The first-order valence-electron chi connectivity index (χ1n) is 8.70. The average molecular weight is 329 g/mol. The van der Waals surface area contributed by atoms with Crippen LogP contribution in [0.15, 0.2) is 24.3 Å². The molecule has 1 saturated heterocycles. The van der Waals surface area contributed by atoms with Gasteiger partial charge >= 0.3 is 6.03 Å². The van der Waals surface area contributed by atoms with Gasteiger partial charge in [0, 0.05) is 5.69 Å². The molecule has 1 spiro atoms. The first kappa shape index (κ1) is 16.8. The summed E-state index contributed by atoms with van der Waals surface area (Å²) in [4.78, 5) is 26.7. The number of rotatable bonds is 2. The fraction of sp³-hybridized carbons (Fsp3) is 0.579. The van der Waals surface area contributed by atoms with E-state index in [-0.39, 0.29) is 17.4 Å². The Morgan fingerprint density at radius 2 is 1.75 bits per heavy atom. The second-order valence-corrected chi connectivity index (χ2v) is 8.29. The van der Waals surface area contributed by atoms with Gasteiger partial charge in [0.15, 0.2) is 0 Å². The Hall–Kier alpha value is -2.04. The zero-order valence-electron chi connectivity index (χ0n) is 14.8. The molecule has 0 radical (unpaired) electrons. The van der Waals surface area contributed by atoms with Crippen molar-refractivity contribution in [3.05, 3.63) is 29.8 Å². The highest BCUT2D eigenvalue weighted by molar-refractivity contribution is 6.07. The summed E-state index contributed by atoms with van der Waals surface area (Å²) in [7, 11) is 0. The summed E-state index contributed by atoms with van der Waals surface area (Å²) in [5.41, 5.74) is 6.83. The molecule has 24 heavy (non-hydrogen) atoms. The van der Waals surface area contributed by atoms with Crippen LogP contribution in [0.4, 0.5) is 10.5 Å². The first-order chi connectivity index (χ1) is 11.2. The molecule has 5 heteroatoms. The second kappa shape index (κ2) is 5.80. The highest BCUT2D eigenvalue weighted by atomic mass is 16.2. The maximum Gasteiger partial charge on any atom is 0.325 e. The molecule has 3 rings (SSSR count). The molecule has 3 N–H and O–H groups in total. The van der Waals surface area contributed by atoms with Crippen molar-refractivity contribution in [1.82, 2.24) is 10.2 Å². The summed E-state index contributed by atoms with van der Waals surface area (Å²) >= 11 is 0. The third kappa shape index (κ3) is 2.99. The number of urea groups is 1. The number of benzene rings is 1. The van der Waals surface area contributed by atoms with Gasteiger partial charge in [-0.1, -0.05) is 32.9 Å². The third-order valence-corrected chi connectivity index (χ3v) is 5.63. The van der Waals surface area contributed by atoms with Crippen molar-refractivity contribution in [2.24, 2.45) is 11.3 Å². The summed E-state index contributed by atoms with van der Waals surface area (Å²) in [6.45, 7) is 7.05. The SMILES string of the molecule is CC(C)(C)C1CCC2(CC1)NC(=O)N(Cc1ccc(N)cc1)C2=O. The lowest BCUT2D eigenvalue weighted by molar-refractivity contribution is -0.133. The average Bonchev–Trinajstić information content (AvgIpc) is 2.73. The fourth-order valence-electron chi connectivity index (χ4n) is 3.94. The van der Waals surface area contributed by atoms with E-state index in [1.54, 1.807) is 12.1 Å². The molecule has 1 aliphatic carbocycles. The van der Waals surface area contributed by atoms with Crippen LogP contribution < -0.4 is 11.1 Å². The summed E-state index contributed by atoms with van der Waals surface area (Å²) < 4.78 is 0. The summed E-state index contributed by atoms with van der Waals surface area (Å²) in [5, 5.41) is 2.99. The van der Waals surface area contributed by atoms with Crippen LogP contribution in [0, 0.1) is 11.3 Å². The molecular weight excluding hydrogens is 302 g/mol. The van der Waals surface area contributed by atoms with Gasteiger partial charge in [0.2, 0.25) is 0 Å². The summed E-state index contributed by atoms with van der Waals surface area (Å²) in [6.07, 6.45) is 3.42. The van der Waals surface area contributed by atoms with E-state index in [4.69, 9.17) is 5.73 Å². The van der Waals surface area contributed by atoms with Gasteiger partial charge in [-0.2, -0.15) is 0 Å². The number of imide groups is 1. The Morgan fingerprint density at radius 1 is 1.17 bits per heavy atom. The van der Waals surface area contributed by atoms with Gasteiger partial charge in [-0.25, -0.2) is 4.79 Å². The van der Waals surface area contributed by atoms with Crippen molar-refractivity contribution >= 4 is 17.6 Å². The molecule has 1 aromatic carbocycles. The van der Waals surface area contributed by atoms with E-state index >= 15 is 0 Å². The van der Waals surface area contributed by atoms with Crippen molar-refractivity contribution in [2.45, 2.75) is 58.5 Å². The Kier molecular flexibility index (Phi) is 4.06. The molecule has 0 bridgehead atoms. The van der Waals surface area contributed by atoms with Crippen molar-refractivity contribution in [1.29, 1.82) is 0 Å². The highest BCUT2D eigenvalue weighted by Crippen LogP contribution is 2.43. The van der Waals surface area contributed by atoms with Gasteiger partial charge in [0.05, 0.1) is 6.54 Å². The molecule has 5 nitrogen and oxygen atoms in total. The Morgan fingerprint density at radius 3 is 2.29 bits per heavy atom. The van der Waals surface area contributed by atoms with E-state index < -0.39 is 5.54 Å². The molecular formula is C19H27N3O2. The lowest BCUT2D eigenvalue weighted by Crippen LogP contribution is -2.50. The number of hydrogen-bond donors (Lipinski definition) is 2. The number of amides is 3. The van der Waals surface area contributed by atoms with Gasteiger partial charge in [-0.15, -0.1) is 0 Å². The number of anilines is 1. The number of nitrogen functional groups attached to an aromatic ring is 1. The van der Waals surface area contributed by atoms with Gasteiger partial charge in [0.25, 0.3) is 5.91 Å². The van der Waals surface area contributed by atoms with Gasteiger partial charge < -0.3 is 11.1 Å². The van der Waals surface area contributed by atoms with Gasteiger partial charge in [-0.3, -0.25) is 9.69 Å². The van der Waals surface area contributed by atoms with E-state index in [2.05, 4.69) is 26.1 Å². The van der Waals surface area contributed by atoms with E-state index in [0.29, 0.717) is 18.2 Å². The molecule has 130 valence electrons. The molecule has 0 aromatic heterocycles. The van der Waals surface area contributed by atoms with Crippen LogP contribution in [0.3, 0.4) is 0 Å². The quantitative estimate of drug-likeness (QED) is 0.646. The molecule has 0 atom stereocenters. The standard InChI is InChI=1S/C19H27N3O2/c1-18(2,3)14-8-10-19(11-9-14)16(23)22(17(24)21-19)12-13-4-6-15(20)7-5-13/h4-7,14H,8-12,20H2,1-3H3,(H,21,24). The predicted molar refractivity (Wildman–Crippen MR) is 94.1 cm³/mol. The van der Waals surface area contributed by atoms with Crippen molar-refractivity contribution in [3.63, 3.8) is 0 Å². The largest absolute Gasteiger partial charge is 0.399 e. The van der Waals surface area contributed by atoms with Crippen LogP contribution in [0.25, 0.3) is 0 Å². The zero-order valence-corrected chi connectivity index (χ0v) is 14.8. The fourth-order valence-corrected chi connectivity index (χ4v) is 3.94. The number of nitrogens with one attached hydrogen (secondary N) is 1. The number of nitrogens with two attached hydrogens (primary N) is 1. The van der Waals surface area contributed by atoms with Crippen LogP contribution in [0.1, 0.15) is 52.0 Å². The second-order valence-electron chi connectivity index (χ2n) is 8.29. The van der Waals surface area contributed by atoms with Gasteiger partial charge in [0.1, 0.15) is 5.54 Å². The Balaban J connectivity index is 1.71. The maximum atomic E-state index is 12.9. The van der Waals surface area contributed by atoms with Crippen molar-refractivity contribution < 1.29 is 9.59 Å². The van der Waals surface area contributed by atoms with Crippen LogP contribution in [0.2, 0.25) is 0 Å². The zero-order chi connectivity index (χ0) is 17.5. The molecule has 1 aliphatic heterocycles. The molecule has 1 aromatic rings. The smallest absolute Gasteiger partial charge is 0.325 e. The van der Waals surface area contributed by atoms with Crippen LogP contribution >= 0.6 is 0 Å². The number of carbonyl (C=O) groups excluding carboxylic acids is 2. The van der Waals surface area contributed by atoms with E-state index in [1.165, 1.54) is 4.90 Å². The number of nitrogens with zero attached hydrogens (tertiary/aromatic N) is 1. The lowest BCUT2D eigenvalue weighted by atomic mass is 9.67. The lowest BCUT2D eigenvalue weighted by Gasteiger charge is -2.40. The first-order valence-corrected chi connectivity index (χ1v) is 8.70. The minimum absolute atomic E-state index is 0.0725. The molecule has 1 heterocycles. The van der Waals surface area contributed by atoms with Gasteiger partial charge in [-0.05, 0) is 54.7 Å². The monoisotopic (exact) mass is 329 g/mol. The molecule has 1 saturated carbocycles. The highest BCUT2D eigenvalue weighted by Gasteiger charge is 2.53. The molecule has 3 amide bonds. The summed E-state index contributed by atoms with van der Waals surface area (Å²) in [6, 6.07) is 7.02. The normalized spacial score (nSPS) is 27.6. The molecule has 2 fully saturated rings. The Labute approximate surface area is 143 Å². The summed E-state index contributed by atoms with van der Waals surface area (Å²) in [5.74, 6) is 0.524. The van der Waals surface area contributed by atoms with Crippen LogP contribution in [-0.4, -0.2) is 22.4 Å². The minimum Gasteiger partial charge on any atom is -0.399 e. The van der Waals surface area contributed by atoms with Crippen molar-refractivity contribution in [3.8, 4) is 0 Å². The predicted octanol–water partition coefficient (Wildman–Crippen LogP) is 3.30. The third-order valence-electron chi connectivity index (χ3n) is 5.63.